The molecule has 1 unspecified atom stereocenters. The Kier molecular flexibility index (Phi) is 6.59. The first-order valence-electron chi connectivity index (χ1n) is 11.7. The van der Waals surface area contributed by atoms with Gasteiger partial charge in [-0.15, -0.1) is 0 Å². The molecule has 196 valence electrons. The van der Waals surface area contributed by atoms with Gasteiger partial charge in [-0.05, 0) is 55.8 Å². The van der Waals surface area contributed by atoms with Gasteiger partial charge in [-0.3, -0.25) is 19.7 Å². The van der Waals surface area contributed by atoms with Crippen molar-refractivity contribution in [2.75, 3.05) is 10.6 Å². The second-order valence-corrected chi connectivity index (χ2v) is 8.73. The maximum absolute atomic E-state index is 13.6. The predicted octanol–water partition coefficient (Wildman–Crippen LogP) is 3.69. The standard InChI is InChI=1S/C27H22FN7O4/c1-13-22(25(38)33-21-11-15(14(2)36)8-9-30-21)23(16-4-3-5-17(10-16)24(29)37)34-26(31-13)35-27-32-19-7-6-18(28)12-20(19)39-27/h3-12,23H,1-2H3,(H2,29,37)(H,30,33,38)(H2,31,32,34,35). The molecule has 0 spiro atoms. The van der Waals surface area contributed by atoms with E-state index in [0.717, 1.165) is 0 Å². The third-order valence-corrected chi connectivity index (χ3v) is 5.96. The highest BCUT2D eigenvalue weighted by molar-refractivity contribution is 6.08. The molecule has 2 aromatic carbocycles. The number of nitrogens with two attached hydrogens (primary N) is 1. The van der Waals surface area contributed by atoms with Gasteiger partial charge in [0.15, 0.2) is 11.4 Å². The second-order valence-electron chi connectivity index (χ2n) is 8.73. The van der Waals surface area contributed by atoms with E-state index in [1.807, 2.05) is 0 Å². The summed E-state index contributed by atoms with van der Waals surface area (Å²) in [6.07, 6.45) is 1.42. The SMILES string of the molecule is CC(=O)c1ccnc(NC(=O)C2=C(C)NC(Nc3nc4ccc(F)cc4o3)=NC2c2cccc(C(N)=O)c2)c1. The number of hydrogen-bond acceptors (Lipinski definition) is 9. The molecule has 4 aromatic rings. The van der Waals surface area contributed by atoms with E-state index >= 15 is 0 Å². The number of carbonyl (C=O) groups excluding carboxylic acids is 3. The first kappa shape index (κ1) is 25.3. The molecule has 2 aromatic heterocycles. The van der Waals surface area contributed by atoms with Gasteiger partial charge in [0.05, 0.1) is 5.57 Å². The highest BCUT2D eigenvalue weighted by Gasteiger charge is 2.30. The first-order valence-corrected chi connectivity index (χ1v) is 11.7. The summed E-state index contributed by atoms with van der Waals surface area (Å²) >= 11 is 0. The fourth-order valence-electron chi connectivity index (χ4n) is 4.09. The van der Waals surface area contributed by atoms with Gasteiger partial charge in [0.2, 0.25) is 11.9 Å². The van der Waals surface area contributed by atoms with Crippen molar-refractivity contribution >= 4 is 46.5 Å². The van der Waals surface area contributed by atoms with Crippen LogP contribution in [-0.2, 0) is 4.79 Å². The molecule has 1 aliphatic heterocycles. The number of anilines is 2. The number of carbonyl (C=O) groups is 3. The zero-order chi connectivity index (χ0) is 27.7. The lowest BCUT2D eigenvalue weighted by molar-refractivity contribution is -0.113. The molecule has 5 N–H and O–H groups in total. The molecule has 39 heavy (non-hydrogen) atoms. The lowest BCUT2D eigenvalue weighted by Gasteiger charge is -2.26. The molecule has 5 rings (SSSR count). The molecular formula is C27H22FN7O4. The maximum atomic E-state index is 13.6. The van der Waals surface area contributed by atoms with Crippen molar-refractivity contribution in [1.29, 1.82) is 0 Å². The summed E-state index contributed by atoms with van der Waals surface area (Å²) in [5, 5.41) is 8.65. The summed E-state index contributed by atoms with van der Waals surface area (Å²) in [6.45, 7) is 3.09. The second kappa shape index (κ2) is 10.2. The van der Waals surface area contributed by atoms with E-state index in [-0.39, 0.29) is 40.3 Å². The van der Waals surface area contributed by atoms with Crippen LogP contribution in [0.15, 0.2) is 81.5 Å². The number of nitrogens with one attached hydrogen (secondary N) is 3. The van der Waals surface area contributed by atoms with Crippen molar-refractivity contribution < 1.29 is 23.2 Å². The van der Waals surface area contributed by atoms with E-state index in [1.54, 1.807) is 37.3 Å². The van der Waals surface area contributed by atoms with Crippen LogP contribution in [0, 0.1) is 5.82 Å². The third-order valence-electron chi connectivity index (χ3n) is 5.96. The summed E-state index contributed by atoms with van der Waals surface area (Å²) in [6, 6.07) is 12.6. The van der Waals surface area contributed by atoms with E-state index in [0.29, 0.717) is 22.3 Å². The molecule has 0 bridgehead atoms. The minimum absolute atomic E-state index is 0.0532. The number of guanidine groups is 1. The summed E-state index contributed by atoms with van der Waals surface area (Å²) in [5.74, 6) is -1.42. The van der Waals surface area contributed by atoms with Crippen LogP contribution in [0.5, 0.6) is 0 Å². The molecule has 0 saturated carbocycles. The van der Waals surface area contributed by atoms with Gasteiger partial charge in [-0.1, -0.05) is 12.1 Å². The van der Waals surface area contributed by atoms with Gasteiger partial charge in [-0.2, -0.15) is 4.98 Å². The highest BCUT2D eigenvalue weighted by atomic mass is 19.1. The Morgan fingerprint density at radius 1 is 1.08 bits per heavy atom. The van der Waals surface area contributed by atoms with E-state index < -0.39 is 23.7 Å². The predicted molar refractivity (Wildman–Crippen MR) is 141 cm³/mol. The number of rotatable bonds is 6. The van der Waals surface area contributed by atoms with E-state index in [1.165, 1.54) is 37.4 Å². The van der Waals surface area contributed by atoms with Crippen molar-refractivity contribution in [3.8, 4) is 0 Å². The quantitative estimate of drug-likeness (QED) is 0.276. The number of aliphatic imine (C=N–C) groups is 1. The van der Waals surface area contributed by atoms with Crippen LogP contribution in [-0.4, -0.2) is 33.5 Å². The van der Waals surface area contributed by atoms with Crippen molar-refractivity contribution in [2.24, 2.45) is 10.7 Å². The van der Waals surface area contributed by atoms with Gasteiger partial charge in [0, 0.05) is 29.1 Å². The fraction of sp³-hybridized carbons (Fsp3) is 0.111. The van der Waals surface area contributed by atoms with Crippen LogP contribution in [0.4, 0.5) is 16.2 Å². The average Bonchev–Trinajstić information content (AvgIpc) is 3.29. The number of aromatic nitrogens is 2. The van der Waals surface area contributed by atoms with Crippen LogP contribution >= 0.6 is 0 Å². The minimum atomic E-state index is -0.883. The Labute approximate surface area is 221 Å². The number of pyridine rings is 1. The minimum Gasteiger partial charge on any atom is -0.423 e. The van der Waals surface area contributed by atoms with E-state index in [2.05, 4.69) is 30.9 Å². The topological polar surface area (TPSA) is 165 Å². The number of ketones is 1. The van der Waals surface area contributed by atoms with Crippen molar-refractivity contribution in [2.45, 2.75) is 19.9 Å². The smallest absolute Gasteiger partial charge is 0.302 e. The van der Waals surface area contributed by atoms with Gasteiger partial charge < -0.3 is 20.8 Å². The maximum Gasteiger partial charge on any atom is 0.302 e. The van der Waals surface area contributed by atoms with E-state index in [9.17, 15) is 18.8 Å². The molecule has 11 nitrogen and oxygen atoms in total. The summed E-state index contributed by atoms with van der Waals surface area (Å²) in [7, 11) is 0. The number of fused-ring (bicyclic) bond motifs is 1. The Balaban J connectivity index is 1.50. The number of oxazole rings is 1. The number of benzene rings is 2. The van der Waals surface area contributed by atoms with Crippen LogP contribution in [0.1, 0.15) is 46.2 Å². The molecule has 12 heteroatoms. The molecule has 2 amide bonds. The third kappa shape index (κ3) is 5.34. The molecule has 1 atom stereocenters. The number of Topliss-reactive ketones (excluding diaryl/α,β-unsaturated/α-hetero) is 1. The summed E-state index contributed by atoms with van der Waals surface area (Å²) < 4.78 is 19.2. The van der Waals surface area contributed by atoms with Gasteiger partial charge in [0.25, 0.3) is 5.91 Å². The molecule has 1 aliphatic rings. The van der Waals surface area contributed by atoms with Crippen molar-refractivity contribution in [3.05, 3.63) is 94.6 Å². The van der Waals surface area contributed by atoms with Crippen LogP contribution in [0.2, 0.25) is 0 Å². The summed E-state index contributed by atoms with van der Waals surface area (Å²) in [4.78, 5) is 50.2. The molecule has 0 saturated heterocycles. The number of halogens is 1. The Morgan fingerprint density at radius 3 is 2.67 bits per heavy atom. The van der Waals surface area contributed by atoms with Crippen LogP contribution < -0.4 is 21.7 Å². The molecule has 0 radical (unpaired) electrons. The first-order chi connectivity index (χ1) is 18.7. The molecule has 0 fully saturated rings. The van der Waals surface area contributed by atoms with E-state index in [4.69, 9.17) is 10.2 Å². The van der Waals surface area contributed by atoms with Crippen LogP contribution in [0.3, 0.4) is 0 Å². The average molecular weight is 528 g/mol. The number of allylic oxidation sites excluding steroid dienone is 1. The van der Waals surface area contributed by atoms with Gasteiger partial charge in [-0.25, -0.2) is 14.4 Å². The highest BCUT2D eigenvalue weighted by Crippen LogP contribution is 2.32. The zero-order valence-corrected chi connectivity index (χ0v) is 20.8. The summed E-state index contributed by atoms with van der Waals surface area (Å²) in [5.41, 5.74) is 7.97. The van der Waals surface area contributed by atoms with Crippen molar-refractivity contribution in [3.63, 3.8) is 0 Å². The molecular weight excluding hydrogens is 505 g/mol. The van der Waals surface area contributed by atoms with Crippen molar-refractivity contribution in [1.82, 2.24) is 15.3 Å². The Bertz CT molecular complexity index is 1710. The lowest BCUT2D eigenvalue weighted by Crippen LogP contribution is -2.37. The van der Waals surface area contributed by atoms with Gasteiger partial charge in [0.1, 0.15) is 23.2 Å². The number of hydrogen-bond donors (Lipinski definition) is 4. The van der Waals surface area contributed by atoms with Gasteiger partial charge >= 0.3 is 6.01 Å². The Morgan fingerprint density at radius 2 is 1.90 bits per heavy atom. The zero-order valence-electron chi connectivity index (χ0n) is 20.8. The lowest BCUT2D eigenvalue weighted by atomic mass is 9.94. The monoisotopic (exact) mass is 527 g/mol. The largest absolute Gasteiger partial charge is 0.423 e. The van der Waals surface area contributed by atoms with Crippen LogP contribution in [0.25, 0.3) is 11.1 Å². The fourth-order valence-corrected chi connectivity index (χ4v) is 4.09. The molecule has 0 aliphatic carbocycles. The number of primary amides is 1. The number of amides is 2. The molecule has 3 heterocycles. The number of nitrogens with zero attached hydrogens (tertiary/aromatic N) is 3. The Hall–Kier alpha value is -5.39. The normalized spacial score (nSPS) is 14.9.